The SMILES string of the molecule is CC1=CN(C)C=C(N=Nc2ccc(N(C)C)cc2)C=C1. The molecule has 0 amide bonds. The zero-order valence-electron chi connectivity index (χ0n) is 12.4. The summed E-state index contributed by atoms with van der Waals surface area (Å²) < 4.78 is 0. The molecule has 1 aromatic rings. The van der Waals surface area contributed by atoms with Crippen LogP contribution in [0.2, 0.25) is 0 Å². The lowest BCUT2D eigenvalue weighted by atomic mass is 10.3. The van der Waals surface area contributed by atoms with Gasteiger partial charge in [-0.15, -0.1) is 5.11 Å². The molecule has 0 radical (unpaired) electrons. The van der Waals surface area contributed by atoms with Crippen molar-refractivity contribution in [3.05, 3.63) is 60.1 Å². The van der Waals surface area contributed by atoms with Crippen molar-refractivity contribution in [1.29, 1.82) is 0 Å². The second-order valence-electron chi connectivity index (χ2n) is 5.04. The number of azo groups is 1. The molecule has 2 rings (SSSR count). The summed E-state index contributed by atoms with van der Waals surface area (Å²) in [4.78, 5) is 4.04. The lowest BCUT2D eigenvalue weighted by Gasteiger charge is -2.11. The minimum atomic E-state index is 0.831. The first-order chi connectivity index (χ1) is 9.54. The van der Waals surface area contributed by atoms with Gasteiger partial charge in [0.2, 0.25) is 0 Å². The highest BCUT2D eigenvalue weighted by Gasteiger charge is 1.99. The first-order valence-corrected chi connectivity index (χ1v) is 6.54. The Kier molecular flexibility index (Phi) is 4.35. The summed E-state index contributed by atoms with van der Waals surface area (Å²) in [5.74, 6) is 0. The van der Waals surface area contributed by atoms with E-state index in [1.165, 1.54) is 5.57 Å². The van der Waals surface area contributed by atoms with Gasteiger partial charge in [-0.1, -0.05) is 6.08 Å². The summed E-state index contributed by atoms with van der Waals surface area (Å²) in [5, 5.41) is 8.55. The minimum absolute atomic E-state index is 0.831. The monoisotopic (exact) mass is 268 g/mol. The zero-order chi connectivity index (χ0) is 14.5. The Morgan fingerprint density at radius 3 is 2.30 bits per heavy atom. The minimum Gasteiger partial charge on any atom is -0.378 e. The average molecular weight is 268 g/mol. The van der Waals surface area contributed by atoms with Crippen LogP contribution in [0.4, 0.5) is 11.4 Å². The van der Waals surface area contributed by atoms with Gasteiger partial charge >= 0.3 is 0 Å². The van der Waals surface area contributed by atoms with E-state index < -0.39 is 0 Å². The predicted octanol–water partition coefficient (Wildman–Crippen LogP) is 4.08. The molecule has 0 saturated carbocycles. The van der Waals surface area contributed by atoms with E-state index in [0.717, 1.165) is 17.1 Å². The van der Waals surface area contributed by atoms with Crippen molar-refractivity contribution in [3.8, 4) is 0 Å². The second-order valence-corrected chi connectivity index (χ2v) is 5.04. The molecule has 4 nitrogen and oxygen atoms in total. The summed E-state index contributed by atoms with van der Waals surface area (Å²) in [5.41, 5.74) is 4.01. The third kappa shape index (κ3) is 3.82. The summed E-state index contributed by atoms with van der Waals surface area (Å²) >= 11 is 0. The van der Waals surface area contributed by atoms with Crippen LogP contribution in [0.3, 0.4) is 0 Å². The van der Waals surface area contributed by atoms with E-state index >= 15 is 0 Å². The van der Waals surface area contributed by atoms with Crippen molar-refractivity contribution in [2.75, 3.05) is 26.0 Å². The Balaban J connectivity index is 2.11. The molecule has 20 heavy (non-hydrogen) atoms. The smallest absolute Gasteiger partial charge is 0.102 e. The molecule has 0 unspecified atom stereocenters. The van der Waals surface area contributed by atoms with E-state index in [1.54, 1.807) is 0 Å². The molecule has 0 fully saturated rings. The normalized spacial score (nSPS) is 15.1. The average Bonchev–Trinajstić information content (AvgIpc) is 2.57. The van der Waals surface area contributed by atoms with Crippen LogP contribution >= 0.6 is 0 Å². The molecule has 4 heteroatoms. The molecule has 0 aromatic heterocycles. The van der Waals surface area contributed by atoms with Crippen molar-refractivity contribution in [2.24, 2.45) is 10.2 Å². The van der Waals surface area contributed by atoms with Crippen LogP contribution in [0, 0.1) is 0 Å². The topological polar surface area (TPSA) is 31.2 Å². The fourth-order valence-electron chi connectivity index (χ4n) is 1.86. The van der Waals surface area contributed by atoms with Crippen LogP contribution in [0.5, 0.6) is 0 Å². The molecular formula is C16H20N4. The van der Waals surface area contributed by atoms with Crippen LogP contribution < -0.4 is 4.90 Å². The van der Waals surface area contributed by atoms with E-state index in [0.29, 0.717) is 0 Å². The van der Waals surface area contributed by atoms with E-state index in [9.17, 15) is 0 Å². The standard InChI is InChI=1S/C16H20N4/c1-13-5-6-15(12-20(4)11-13)18-17-14-7-9-16(10-8-14)19(2)3/h5-12H,1-4H3. The lowest BCUT2D eigenvalue weighted by molar-refractivity contribution is 0.617. The van der Waals surface area contributed by atoms with Gasteiger partial charge in [0, 0.05) is 39.2 Å². The Morgan fingerprint density at radius 1 is 0.950 bits per heavy atom. The van der Waals surface area contributed by atoms with Crippen molar-refractivity contribution in [1.82, 2.24) is 4.90 Å². The molecule has 0 bridgehead atoms. The highest BCUT2D eigenvalue weighted by molar-refractivity contribution is 5.51. The van der Waals surface area contributed by atoms with E-state index in [-0.39, 0.29) is 0 Å². The quantitative estimate of drug-likeness (QED) is 0.773. The van der Waals surface area contributed by atoms with Gasteiger partial charge in [0.15, 0.2) is 0 Å². The number of anilines is 1. The highest BCUT2D eigenvalue weighted by Crippen LogP contribution is 2.20. The van der Waals surface area contributed by atoms with Gasteiger partial charge in [0.25, 0.3) is 0 Å². The highest BCUT2D eigenvalue weighted by atomic mass is 15.1. The molecule has 0 aliphatic carbocycles. The number of hydrogen-bond donors (Lipinski definition) is 0. The molecule has 1 heterocycles. The van der Waals surface area contributed by atoms with Gasteiger partial charge in [-0.3, -0.25) is 0 Å². The molecule has 1 aliphatic heterocycles. The van der Waals surface area contributed by atoms with Crippen molar-refractivity contribution >= 4 is 11.4 Å². The second kappa shape index (κ2) is 6.19. The summed E-state index contributed by atoms with van der Waals surface area (Å²) in [6.07, 6.45) is 7.99. The fraction of sp³-hybridized carbons (Fsp3) is 0.250. The van der Waals surface area contributed by atoms with Crippen LogP contribution in [-0.4, -0.2) is 26.0 Å². The molecule has 0 saturated heterocycles. The number of nitrogens with zero attached hydrogens (tertiary/aromatic N) is 4. The molecule has 104 valence electrons. The number of rotatable bonds is 3. The van der Waals surface area contributed by atoms with Crippen molar-refractivity contribution in [3.63, 3.8) is 0 Å². The Hall–Kier alpha value is -2.36. The van der Waals surface area contributed by atoms with Crippen LogP contribution in [0.1, 0.15) is 6.92 Å². The Bertz CT molecular complexity index is 577. The first-order valence-electron chi connectivity index (χ1n) is 6.54. The predicted molar refractivity (Wildman–Crippen MR) is 84.0 cm³/mol. The Labute approximate surface area is 120 Å². The lowest BCUT2D eigenvalue weighted by Crippen LogP contribution is -2.07. The van der Waals surface area contributed by atoms with Gasteiger partial charge in [-0.2, -0.15) is 5.11 Å². The molecule has 0 N–H and O–H groups in total. The largest absolute Gasteiger partial charge is 0.378 e. The summed E-state index contributed by atoms with van der Waals surface area (Å²) in [6, 6.07) is 7.99. The molecule has 0 spiro atoms. The van der Waals surface area contributed by atoms with Crippen LogP contribution in [0.25, 0.3) is 0 Å². The fourth-order valence-corrected chi connectivity index (χ4v) is 1.86. The Morgan fingerprint density at radius 2 is 1.65 bits per heavy atom. The van der Waals surface area contributed by atoms with E-state index in [2.05, 4.69) is 22.1 Å². The van der Waals surface area contributed by atoms with Gasteiger partial charge in [-0.25, -0.2) is 0 Å². The van der Waals surface area contributed by atoms with Gasteiger partial charge in [0.05, 0.1) is 5.69 Å². The summed E-state index contributed by atoms with van der Waals surface area (Å²) in [6.45, 7) is 2.06. The maximum atomic E-state index is 4.28. The first kappa shape index (κ1) is 14.1. The van der Waals surface area contributed by atoms with Gasteiger partial charge in [0.1, 0.15) is 5.70 Å². The summed E-state index contributed by atoms with van der Waals surface area (Å²) in [7, 11) is 6.02. The van der Waals surface area contributed by atoms with Crippen LogP contribution in [0.15, 0.2) is 70.3 Å². The van der Waals surface area contributed by atoms with Gasteiger partial charge < -0.3 is 9.80 Å². The number of allylic oxidation sites excluding steroid dienone is 3. The molecular weight excluding hydrogens is 248 g/mol. The molecule has 1 aromatic carbocycles. The third-order valence-corrected chi connectivity index (χ3v) is 2.91. The van der Waals surface area contributed by atoms with Gasteiger partial charge in [-0.05, 0) is 42.8 Å². The molecule has 0 atom stereocenters. The van der Waals surface area contributed by atoms with Crippen molar-refractivity contribution in [2.45, 2.75) is 6.92 Å². The maximum absolute atomic E-state index is 4.28. The number of hydrogen-bond acceptors (Lipinski definition) is 4. The maximum Gasteiger partial charge on any atom is 0.102 e. The molecule has 1 aliphatic rings. The number of benzene rings is 1. The van der Waals surface area contributed by atoms with E-state index in [1.807, 2.05) is 74.9 Å². The van der Waals surface area contributed by atoms with Crippen LogP contribution in [-0.2, 0) is 0 Å². The van der Waals surface area contributed by atoms with E-state index in [4.69, 9.17) is 0 Å². The van der Waals surface area contributed by atoms with Crippen molar-refractivity contribution < 1.29 is 0 Å². The third-order valence-electron chi connectivity index (χ3n) is 2.91. The zero-order valence-corrected chi connectivity index (χ0v) is 12.4.